The van der Waals surface area contributed by atoms with Crippen LogP contribution in [0.4, 0.5) is 5.69 Å². The van der Waals surface area contributed by atoms with Crippen molar-refractivity contribution in [2.45, 2.75) is 31.7 Å². The monoisotopic (exact) mass is 403 g/mol. The van der Waals surface area contributed by atoms with Gasteiger partial charge in [-0.1, -0.05) is 42.5 Å². The summed E-state index contributed by atoms with van der Waals surface area (Å²) in [4.78, 5) is 28.5. The minimum absolute atomic E-state index is 0.0890. The number of benzene rings is 2. The second-order valence-corrected chi connectivity index (χ2v) is 7.99. The lowest BCUT2D eigenvalue weighted by molar-refractivity contribution is -0.117. The normalized spacial score (nSPS) is 18.3. The quantitative estimate of drug-likeness (QED) is 0.716. The molecule has 2 fully saturated rings. The van der Waals surface area contributed by atoms with E-state index in [1.54, 1.807) is 6.08 Å². The molecule has 5 heteroatoms. The summed E-state index contributed by atoms with van der Waals surface area (Å²) in [6, 6.07) is 18.4. The number of carbonyl (C=O) groups is 2. The Balaban J connectivity index is 1.34. The molecular weight excluding hydrogens is 374 g/mol. The smallest absolute Gasteiger partial charge is 0.244 e. The molecule has 5 nitrogen and oxygen atoms in total. The average molecular weight is 404 g/mol. The minimum Gasteiger partial charge on any atom is -0.351 e. The molecule has 2 aliphatic rings. The maximum Gasteiger partial charge on any atom is 0.244 e. The van der Waals surface area contributed by atoms with E-state index in [-0.39, 0.29) is 17.9 Å². The third kappa shape index (κ3) is 4.97. The Morgan fingerprint density at radius 2 is 1.70 bits per heavy atom. The van der Waals surface area contributed by atoms with Gasteiger partial charge in [-0.05, 0) is 61.7 Å². The van der Waals surface area contributed by atoms with Crippen molar-refractivity contribution in [2.24, 2.45) is 0 Å². The fraction of sp³-hybridized carbons (Fsp3) is 0.360. The maximum absolute atomic E-state index is 12.4. The molecule has 1 N–H and O–H groups in total. The fourth-order valence-electron chi connectivity index (χ4n) is 4.30. The number of rotatable bonds is 7. The number of hydrogen-bond acceptors (Lipinski definition) is 3. The Morgan fingerprint density at radius 3 is 2.37 bits per heavy atom. The summed E-state index contributed by atoms with van der Waals surface area (Å²) in [5.41, 5.74) is 3.12. The van der Waals surface area contributed by atoms with Gasteiger partial charge in [0.15, 0.2) is 0 Å². The summed E-state index contributed by atoms with van der Waals surface area (Å²) in [6.45, 7) is 3.55. The van der Waals surface area contributed by atoms with Gasteiger partial charge < -0.3 is 10.2 Å². The Labute approximate surface area is 178 Å². The second kappa shape index (κ2) is 9.72. The van der Waals surface area contributed by atoms with Crippen molar-refractivity contribution in [3.05, 3.63) is 71.8 Å². The molecule has 0 saturated carbocycles. The zero-order chi connectivity index (χ0) is 20.8. The van der Waals surface area contributed by atoms with E-state index in [9.17, 15) is 9.59 Å². The van der Waals surface area contributed by atoms with Gasteiger partial charge in [0.25, 0.3) is 0 Å². The van der Waals surface area contributed by atoms with Gasteiger partial charge in [-0.15, -0.1) is 0 Å². The van der Waals surface area contributed by atoms with E-state index < -0.39 is 0 Å². The van der Waals surface area contributed by atoms with Crippen molar-refractivity contribution in [3.63, 3.8) is 0 Å². The molecule has 0 aromatic heterocycles. The van der Waals surface area contributed by atoms with Gasteiger partial charge in [-0.3, -0.25) is 14.5 Å². The SMILES string of the molecule is O=C(/C=C/c1ccc(N2CCCC2=O)cc1)NC[C@@H](c1ccccc1)N1CCCC1. The van der Waals surface area contributed by atoms with Crippen LogP contribution >= 0.6 is 0 Å². The van der Waals surface area contributed by atoms with Gasteiger partial charge in [-0.25, -0.2) is 0 Å². The van der Waals surface area contributed by atoms with Crippen LogP contribution in [0.15, 0.2) is 60.7 Å². The Bertz CT molecular complexity index is 886. The summed E-state index contributed by atoms with van der Waals surface area (Å²) in [5, 5.41) is 3.07. The van der Waals surface area contributed by atoms with E-state index in [0.717, 1.165) is 37.3 Å². The molecule has 156 valence electrons. The minimum atomic E-state index is -0.0890. The molecule has 30 heavy (non-hydrogen) atoms. The van der Waals surface area contributed by atoms with Crippen LogP contribution in [0.5, 0.6) is 0 Å². The first kappa shape index (κ1) is 20.4. The molecule has 2 amide bonds. The highest BCUT2D eigenvalue weighted by Gasteiger charge is 2.23. The lowest BCUT2D eigenvalue weighted by Gasteiger charge is -2.28. The van der Waals surface area contributed by atoms with E-state index in [1.807, 2.05) is 41.3 Å². The van der Waals surface area contributed by atoms with Crippen molar-refractivity contribution in [1.29, 1.82) is 0 Å². The van der Waals surface area contributed by atoms with E-state index in [0.29, 0.717) is 13.0 Å². The largest absolute Gasteiger partial charge is 0.351 e. The van der Waals surface area contributed by atoms with Crippen LogP contribution in [0.1, 0.15) is 42.9 Å². The predicted molar refractivity (Wildman–Crippen MR) is 120 cm³/mol. The zero-order valence-corrected chi connectivity index (χ0v) is 17.3. The molecule has 4 rings (SSSR count). The third-order valence-electron chi connectivity index (χ3n) is 5.94. The molecule has 2 aromatic rings. The van der Waals surface area contributed by atoms with Crippen LogP contribution < -0.4 is 10.2 Å². The molecule has 2 heterocycles. The van der Waals surface area contributed by atoms with Crippen LogP contribution in [-0.4, -0.2) is 42.9 Å². The number of nitrogens with zero attached hydrogens (tertiary/aromatic N) is 2. The number of anilines is 1. The van der Waals surface area contributed by atoms with Crippen molar-refractivity contribution < 1.29 is 9.59 Å². The number of carbonyl (C=O) groups excluding carboxylic acids is 2. The van der Waals surface area contributed by atoms with Gasteiger partial charge in [0.2, 0.25) is 11.8 Å². The van der Waals surface area contributed by atoms with Gasteiger partial charge in [0, 0.05) is 31.3 Å². The molecular formula is C25H29N3O2. The molecule has 2 saturated heterocycles. The molecule has 2 aromatic carbocycles. The summed E-state index contributed by atoms with van der Waals surface area (Å²) < 4.78 is 0. The highest BCUT2D eigenvalue weighted by molar-refractivity contribution is 5.95. The van der Waals surface area contributed by atoms with Crippen molar-refractivity contribution in [2.75, 3.05) is 31.1 Å². The lowest BCUT2D eigenvalue weighted by atomic mass is 10.1. The Morgan fingerprint density at radius 1 is 0.967 bits per heavy atom. The van der Waals surface area contributed by atoms with Crippen LogP contribution in [0.2, 0.25) is 0 Å². The third-order valence-corrected chi connectivity index (χ3v) is 5.94. The summed E-state index contributed by atoms with van der Waals surface area (Å²) in [6.07, 6.45) is 7.39. The first-order chi connectivity index (χ1) is 14.7. The topological polar surface area (TPSA) is 52.7 Å². The van der Waals surface area contributed by atoms with Gasteiger partial charge in [0.05, 0.1) is 6.04 Å². The summed E-state index contributed by atoms with van der Waals surface area (Å²) in [7, 11) is 0. The van der Waals surface area contributed by atoms with Gasteiger partial charge >= 0.3 is 0 Å². The number of likely N-dealkylation sites (tertiary alicyclic amines) is 1. The van der Waals surface area contributed by atoms with Crippen molar-refractivity contribution >= 4 is 23.6 Å². The predicted octanol–water partition coefficient (Wildman–Crippen LogP) is 3.78. The van der Waals surface area contributed by atoms with Crippen molar-refractivity contribution in [1.82, 2.24) is 10.2 Å². The fourth-order valence-corrected chi connectivity index (χ4v) is 4.30. The molecule has 1 atom stereocenters. The first-order valence-corrected chi connectivity index (χ1v) is 10.9. The standard InChI is InChI=1S/C25H29N3O2/c29-24(15-12-20-10-13-22(14-11-20)28-18-6-9-25(28)30)26-19-23(27-16-4-5-17-27)21-7-2-1-3-8-21/h1-3,7-8,10-15,23H,4-6,9,16-19H2,(H,26,29)/b15-12+/t23-/m0/s1. The molecule has 0 aliphatic carbocycles. The second-order valence-electron chi connectivity index (χ2n) is 7.99. The van der Waals surface area contributed by atoms with Crippen LogP contribution in [0, 0.1) is 0 Å². The highest BCUT2D eigenvalue weighted by Crippen LogP contribution is 2.24. The van der Waals surface area contributed by atoms with Crippen LogP contribution in [0.3, 0.4) is 0 Å². The van der Waals surface area contributed by atoms with E-state index in [2.05, 4.69) is 34.5 Å². The Hall–Kier alpha value is -2.92. The molecule has 0 bridgehead atoms. The Kier molecular flexibility index (Phi) is 6.60. The lowest BCUT2D eigenvalue weighted by Crippen LogP contribution is -2.36. The zero-order valence-electron chi connectivity index (χ0n) is 17.3. The van der Waals surface area contributed by atoms with Crippen LogP contribution in [0.25, 0.3) is 6.08 Å². The van der Waals surface area contributed by atoms with E-state index in [1.165, 1.54) is 18.4 Å². The van der Waals surface area contributed by atoms with Crippen LogP contribution in [-0.2, 0) is 9.59 Å². The maximum atomic E-state index is 12.4. The van der Waals surface area contributed by atoms with Gasteiger partial charge in [-0.2, -0.15) is 0 Å². The number of nitrogens with one attached hydrogen (secondary N) is 1. The van der Waals surface area contributed by atoms with E-state index in [4.69, 9.17) is 0 Å². The number of hydrogen-bond donors (Lipinski definition) is 1. The van der Waals surface area contributed by atoms with E-state index >= 15 is 0 Å². The highest BCUT2D eigenvalue weighted by atomic mass is 16.2. The van der Waals surface area contributed by atoms with Gasteiger partial charge in [0.1, 0.15) is 0 Å². The molecule has 2 aliphatic heterocycles. The summed E-state index contributed by atoms with van der Waals surface area (Å²) >= 11 is 0. The molecule has 0 spiro atoms. The summed E-state index contributed by atoms with van der Waals surface area (Å²) in [5.74, 6) is 0.0950. The first-order valence-electron chi connectivity index (χ1n) is 10.9. The molecule has 0 unspecified atom stereocenters. The van der Waals surface area contributed by atoms with Crippen molar-refractivity contribution in [3.8, 4) is 0 Å². The number of amides is 2. The average Bonchev–Trinajstić information content (AvgIpc) is 3.46. The molecule has 0 radical (unpaired) electrons.